The summed E-state index contributed by atoms with van der Waals surface area (Å²) in [6, 6.07) is -4.76. The van der Waals surface area contributed by atoms with Gasteiger partial charge in [-0.05, 0) is 45.1 Å². The van der Waals surface area contributed by atoms with Crippen LogP contribution in [0, 0.1) is 0 Å². The number of aliphatic carboxylic acids is 2. The third-order valence-electron chi connectivity index (χ3n) is 4.96. The van der Waals surface area contributed by atoms with Gasteiger partial charge in [0.05, 0.1) is 6.04 Å². The van der Waals surface area contributed by atoms with Gasteiger partial charge < -0.3 is 49.1 Å². The molecule has 0 rings (SSSR count). The van der Waals surface area contributed by atoms with Crippen molar-refractivity contribution in [1.82, 2.24) is 16.0 Å². The molecule has 16 heteroatoms. The molecule has 0 saturated heterocycles. The van der Waals surface area contributed by atoms with Gasteiger partial charge in [-0.15, -0.1) is 0 Å². The second-order valence-electron chi connectivity index (χ2n) is 7.98. The van der Waals surface area contributed by atoms with Crippen LogP contribution in [0.3, 0.4) is 0 Å². The number of carbonyl (C=O) groups excluding carboxylic acids is 3. The van der Waals surface area contributed by atoms with Crippen LogP contribution >= 0.6 is 12.6 Å². The highest BCUT2D eigenvalue weighted by Crippen LogP contribution is 2.06. The number of unbranched alkanes of at least 4 members (excludes halogenated alkanes) is 1. The number of guanidine groups is 1. The Labute approximate surface area is 214 Å². The first-order valence-corrected chi connectivity index (χ1v) is 12.0. The lowest BCUT2D eigenvalue weighted by Gasteiger charge is -2.25. The van der Waals surface area contributed by atoms with Crippen molar-refractivity contribution in [2.75, 3.05) is 18.8 Å². The maximum absolute atomic E-state index is 13.0. The first kappa shape index (κ1) is 32.9. The maximum atomic E-state index is 13.0. The van der Waals surface area contributed by atoms with Crippen LogP contribution in [-0.4, -0.2) is 88.8 Å². The van der Waals surface area contributed by atoms with Crippen molar-refractivity contribution in [3.8, 4) is 0 Å². The maximum Gasteiger partial charge on any atom is 0.327 e. The van der Waals surface area contributed by atoms with E-state index in [1.807, 2.05) is 0 Å². The number of aliphatic imine (C=N–C) groups is 1. The normalized spacial score (nSPS) is 14.0. The summed E-state index contributed by atoms with van der Waals surface area (Å²) in [5.41, 5.74) is 21.9. The zero-order valence-electron chi connectivity index (χ0n) is 20.0. The number of nitrogens with zero attached hydrogens (tertiary/aromatic N) is 1. The van der Waals surface area contributed by atoms with Crippen LogP contribution in [-0.2, 0) is 24.0 Å². The number of nitrogens with one attached hydrogen (secondary N) is 3. The quantitative estimate of drug-likeness (QED) is 0.0341. The number of carboxylic acid groups (broad SMARTS) is 2. The smallest absolute Gasteiger partial charge is 0.327 e. The Morgan fingerprint density at radius 2 is 1.36 bits per heavy atom. The molecule has 4 unspecified atom stereocenters. The number of hydrogen-bond acceptors (Lipinski definition) is 9. The number of carboxylic acids is 2. The van der Waals surface area contributed by atoms with E-state index in [9.17, 15) is 24.0 Å². The van der Waals surface area contributed by atoms with Crippen LogP contribution in [0.1, 0.15) is 44.9 Å². The van der Waals surface area contributed by atoms with E-state index >= 15 is 0 Å². The molecule has 0 fully saturated rings. The molecule has 36 heavy (non-hydrogen) atoms. The van der Waals surface area contributed by atoms with Crippen LogP contribution < -0.4 is 38.9 Å². The highest BCUT2D eigenvalue weighted by molar-refractivity contribution is 7.80. The molecule has 206 valence electrons. The van der Waals surface area contributed by atoms with Gasteiger partial charge in [0, 0.05) is 18.7 Å². The molecular weight excluding hydrogens is 496 g/mol. The van der Waals surface area contributed by atoms with Gasteiger partial charge in [0.15, 0.2) is 5.96 Å². The molecule has 0 bridgehead atoms. The Hall–Kier alpha value is -3.11. The highest BCUT2D eigenvalue weighted by atomic mass is 32.1. The fourth-order valence-corrected chi connectivity index (χ4v) is 3.21. The van der Waals surface area contributed by atoms with Crippen molar-refractivity contribution in [2.24, 2.45) is 27.9 Å². The molecule has 15 nitrogen and oxygen atoms in total. The van der Waals surface area contributed by atoms with Gasteiger partial charge in [-0.1, -0.05) is 0 Å². The molecule has 0 heterocycles. The molecule has 3 amide bonds. The molecule has 0 aliphatic rings. The fourth-order valence-electron chi connectivity index (χ4n) is 2.96. The molecule has 0 spiro atoms. The Morgan fingerprint density at radius 1 is 0.806 bits per heavy atom. The van der Waals surface area contributed by atoms with Crippen LogP contribution in [0.15, 0.2) is 4.99 Å². The second-order valence-corrected chi connectivity index (χ2v) is 8.34. The first-order valence-electron chi connectivity index (χ1n) is 11.4. The third kappa shape index (κ3) is 14.3. The molecule has 13 N–H and O–H groups in total. The van der Waals surface area contributed by atoms with E-state index in [1.54, 1.807) is 0 Å². The van der Waals surface area contributed by atoms with Gasteiger partial charge in [0.25, 0.3) is 0 Å². The minimum Gasteiger partial charge on any atom is -0.481 e. The van der Waals surface area contributed by atoms with E-state index < -0.39 is 60.2 Å². The lowest BCUT2D eigenvalue weighted by Crippen LogP contribution is -2.57. The molecular formula is C20H38N8O7S. The van der Waals surface area contributed by atoms with Crippen molar-refractivity contribution in [3.05, 3.63) is 0 Å². The summed E-state index contributed by atoms with van der Waals surface area (Å²) in [6.07, 6.45) is 1.10. The molecule has 0 aromatic carbocycles. The van der Waals surface area contributed by atoms with Gasteiger partial charge >= 0.3 is 11.9 Å². The van der Waals surface area contributed by atoms with Crippen LogP contribution in [0.4, 0.5) is 0 Å². The first-order chi connectivity index (χ1) is 16.9. The Balaban J connectivity index is 5.40. The van der Waals surface area contributed by atoms with E-state index in [2.05, 4.69) is 33.6 Å². The summed E-state index contributed by atoms with van der Waals surface area (Å²) in [7, 11) is 0. The summed E-state index contributed by atoms with van der Waals surface area (Å²) < 4.78 is 0. The second kappa shape index (κ2) is 18.2. The number of hydrogen-bond donors (Lipinski definition) is 10. The van der Waals surface area contributed by atoms with Gasteiger partial charge in [-0.3, -0.25) is 24.2 Å². The summed E-state index contributed by atoms with van der Waals surface area (Å²) in [5.74, 6) is -5.13. The van der Waals surface area contributed by atoms with Crippen molar-refractivity contribution in [2.45, 2.75) is 69.1 Å². The van der Waals surface area contributed by atoms with Gasteiger partial charge in [-0.2, -0.15) is 12.6 Å². The molecule has 0 saturated carbocycles. The Morgan fingerprint density at radius 3 is 1.86 bits per heavy atom. The van der Waals surface area contributed by atoms with E-state index in [4.69, 9.17) is 33.1 Å². The van der Waals surface area contributed by atoms with E-state index in [-0.39, 0.29) is 37.5 Å². The number of rotatable bonds is 19. The summed E-state index contributed by atoms with van der Waals surface area (Å²) in [4.78, 5) is 64.2. The Kier molecular flexibility index (Phi) is 16.6. The van der Waals surface area contributed by atoms with Crippen LogP contribution in [0.2, 0.25) is 0 Å². The summed E-state index contributed by atoms with van der Waals surface area (Å²) in [5, 5.41) is 25.3. The summed E-state index contributed by atoms with van der Waals surface area (Å²) in [6.45, 7) is 0.629. The third-order valence-corrected chi connectivity index (χ3v) is 5.33. The van der Waals surface area contributed by atoms with Gasteiger partial charge in [0.1, 0.15) is 18.1 Å². The van der Waals surface area contributed by atoms with Crippen molar-refractivity contribution < 1.29 is 34.2 Å². The number of thiol groups is 1. The predicted octanol–water partition coefficient (Wildman–Crippen LogP) is -3.17. The lowest BCUT2D eigenvalue weighted by molar-refractivity contribution is -0.142. The molecule has 0 radical (unpaired) electrons. The van der Waals surface area contributed by atoms with Crippen LogP contribution in [0.5, 0.6) is 0 Å². The highest BCUT2D eigenvalue weighted by Gasteiger charge is 2.30. The SMILES string of the molecule is NCCCCC(NC(=O)C(N)CCCN=C(N)N)C(=O)NC(CCC(=O)O)C(=O)NC(CS)C(=O)O. The molecule has 4 atom stereocenters. The molecule has 0 aliphatic heterocycles. The average molecular weight is 535 g/mol. The minimum absolute atomic E-state index is 0.0878. The zero-order chi connectivity index (χ0) is 27.7. The minimum atomic E-state index is -1.36. The number of carbonyl (C=O) groups is 5. The lowest BCUT2D eigenvalue weighted by atomic mass is 10.0. The number of nitrogens with two attached hydrogens (primary N) is 4. The largest absolute Gasteiger partial charge is 0.481 e. The van der Waals surface area contributed by atoms with Crippen LogP contribution in [0.25, 0.3) is 0 Å². The van der Waals surface area contributed by atoms with Gasteiger partial charge in [0.2, 0.25) is 17.7 Å². The topological polar surface area (TPSA) is 278 Å². The molecule has 0 aromatic heterocycles. The fraction of sp³-hybridized carbons (Fsp3) is 0.700. The standard InChI is InChI=1S/C20H38N8O7S/c21-8-2-1-5-12(26-16(31)11(22)4-3-9-25-20(23)24)17(32)27-13(6-7-15(29)30)18(33)28-14(10-36)19(34)35/h11-14,36H,1-10,21-22H2,(H,26,31)(H,27,32)(H,28,33)(H,29,30)(H,34,35)(H4,23,24,25). The average Bonchev–Trinajstić information content (AvgIpc) is 2.81. The molecule has 0 aromatic rings. The van der Waals surface area contributed by atoms with Crippen molar-refractivity contribution >= 4 is 48.2 Å². The van der Waals surface area contributed by atoms with E-state index in [1.165, 1.54) is 0 Å². The molecule has 0 aliphatic carbocycles. The zero-order valence-corrected chi connectivity index (χ0v) is 20.9. The van der Waals surface area contributed by atoms with E-state index in [0.29, 0.717) is 25.8 Å². The van der Waals surface area contributed by atoms with Crippen molar-refractivity contribution in [1.29, 1.82) is 0 Å². The predicted molar refractivity (Wildman–Crippen MR) is 135 cm³/mol. The van der Waals surface area contributed by atoms with Gasteiger partial charge in [-0.25, -0.2) is 4.79 Å². The van der Waals surface area contributed by atoms with Crippen molar-refractivity contribution in [3.63, 3.8) is 0 Å². The number of amides is 3. The summed E-state index contributed by atoms with van der Waals surface area (Å²) >= 11 is 3.86. The monoisotopic (exact) mass is 534 g/mol. The Bertz CT molecular complexity index is 779. The van der Waals surface area contributed by atoms with E-state index in [0.717, 1.165) is 0 Å².